The Morgan fingerprint density at radius 2 is 2.00 bits per heavy atom. The molecule has 0 saturated carbocycles. The summed E-state index contributed by atoms with van der Waals surface area (Å²) in [4.78, 5) is 3.14. The molecule has 12 heavy (non-hydrogen) atoms. The molecule has 0 spiro atoms. The van der Waals surface area contributed by atoms with Gasteiger partial charge in [-0.1, -0.05) is 13.3 Å². The van der Waals surface area contributed by atoms with Gasteiger partial charge in [-0.3, -0.25) is 0 Å². The Bertz CT molecular complexity index is 170. The van der Waals surface area contributed by atoms with E-state index in [1.165, 1.54) is 18.5 Å². The highest BCUT2D eigenvalue weighted by Crippen LogP contribution is 1.96. The molecule has 0 bridgehead atoms. The third-order valence-corrected chi connectivity index (χ3v) is 1.18. The van der Waals surface area contributed by atoms with Crippen molar-refractivity contribution in [1.29, 1.82) is 0 Å². The van der Waals surface area contributed by atoms with Gasteiger partial charge in [-0.2, -0.15) is 13.2 Å². The van der Waals surface area contributed by atoms with Gasteiger partial charge < -0.3 is 4.98 Å². The molecule has 0 fully saturated rings. The molecule has 1 nitrogen and oxygen atoms in total. The highest BCUT2D eigenvalue weighted by atomic mass is 19.4. The zero-order valence-corrected chi connectivity index (χ0v) is 6.86. The summed E-state index contributed by atoms with van der Waals surface area (Å²) >= 11 is 0. The lowest BCUT2D eigenvalue weighted by atomic mass is 10.3. The Balaban J connectivity index is 0.000000261. The van der Waals surface area contributed by atoms with E-state index < -0.39 is 6.68 Å². The van der Waals surface area contributed by atoms with Gasteiger partial charge in [-0.15, -0.1) is 0 Å². The van der Waals surface area contributed by atoms with Crippen LogP contribution >= 0.6 is 0 Å². The molecule has 1 aromatic heterocycles. The Labute approximate surface area is 69.6 Å². The third-order valence-electron chi connectivity index (χ3n) is 1.18. The average molecular weight is 179 g/mol. The summed E-state index contributed by atoms with van der Waals surface area (Å²) in [6.45, 7) is -1.49. The molecule has 1 rings (SSSR count). The van der Waals surface area contributed by atoms with Crippen molar-refractivity contribution in [3.63, 3.8) is 0 Å². The zero-order valence-electron chi connectivity index (χ0n) is 6.86. The second-order valence-corrected chi connectivity index (χ2v) is 2.19. The predicted molar refractivity (Wildman–Crippen MR) is 41.9 cm³/mol. The standard InChI is InChI=1S/C7H11N.CHF3/c1-2-4-7-5-3-6-8-7;2-1(3)4/h3,5-6,8H,2,4H2,1H3;1H. The van der Waals surface area contributed by atoms with Gasteiger partial charge in [0.15, 0.2) is 0 Å². The molecule has 1 aromatic rings. The summed E-state index contributed by atoms with van der Waals surface area (Å²) in [6, 6.07) is 4.15. The second kappa shape index (κ2) is 6.76. The van der Waals surface area contributed by atoms with Crippen LogP contribution in [0.3, 0.4) is 0 Å². The van der Waals surface area contributed by atoms with E-state index in [2.05, 4.69) is 18.0 Å². The van der Waals surface area contributed by atoms with Crippen LogP contribution in [-0.4, -0.2) is 11.7 Å². The van der Waals surface area contributed by atoms with Crippen molar-refractivity contribution < 1.29 is 13.2 Å². The van der Waals surface area contributed by atoms with Crippen LogP contribution in [0.5, 0.6) is 0 Å². The van der Waals surface area contributed by atoms with Gasteiger partial charge in [0, 0.05) is 11.9 Å². The molecule has 0 amide bonds. The minimum atomic E-state index is -3.67. The smallest absolute Gasteiger partial charge is 0.365 e. The molecular weight excluding hydrogens is 167 g/mol. The number of nitrogens with one attached hydrogen (secondary N) is 1. The number of rotatable bonds is 2. The van der Waals surface area contributed by atoms with Gasteiger partial charge >= 0.3 is 6.68 Å². The Morgan fingerprint density at radius 3 is 2.33 bits per heavy atom. The van der Waals surface area contributed by atoms with Crippen LogP contribution in [0.4, 0.5) is 13.2 Å². The maximum atomic E-state index is 9.67. The number of hydrogen-bond donors (Lipinski definition) is 1. The van der Waals surface area contributed by atoms with E-state index in [0.717, 1.165) is 0 Å². The van der Waals surface area contributed by atoms with Crippen molar-refractivity contribution in [2.75, 3.05) is 0 Å². The largest absolute Gasteiger partial charge is 0.379 e. The molecule has 70 valence electrons. The monoisotopic (exact) mass is 179 g/mol. The molecule has 1 heterocycles. The predicted octanol–water partition coefficient (Wildman–Crippen LogP) is 3.15. The SMILES string of the molecule is CCCc1ccc[nH]1.FC(F)F. The van der Waals surface area contributed by atoms with Crippen LogP contribution in [0.2, 0.25) is 0 Å². The first kappa shape index (κ1) is 11.1. The molecule has 0 aromatic carbocycles. The summed E-state index contributed by atoms with van der Waals surface area (Å²) in [6.07, 6.45) is 4.36. The van der Waals surface area contributed by atoms with Gasteiger partial charge in [0.25, 0.3) is 0 Å². The minimum Gasteiger partial charge on any atom is -0.365 e. The van der Waals surface area contributed by atoms with Gasteiger partial charge in [-0.05, 0) is 18.6 Å². The number of aromatic amines is 1. The number of aromatic nitrogens is 1. The van der Waals surface area contributed by atoms with Crippen molar-refractivity contribution in [2.24, 2.45) is 0 Å². The summed E-state index contributed by atoms with van der Waals surface area (Å²) in [5.41, 5.74) is 1.34. The molecule has 1 N–H and O–H groups in total. The van der Waals surface area contributed by atoms with Crippen LogP contribution in [-0.2, 0) is 6.42 Å². The quantitative estimate of drug-likeness (QED) is 0.717. The van der Waals surface area contributed by atoms with E-state index in [0.29, 0.717) is 0 Å². The van der Waals surface area contributed by atoms with E-state index in [1.807, 2.05) is 12.3 Å². The number of halogens is 3. The number of aryl methyl sites for hydroxylation is 1. The molecule has 4 heteroatoms. The van der Waals surface area contributed by atoms with E-state index in [1.54, 1.807) is 0 Å². The number of H-pyrrole nitrogens is 1. The fourth-order valence-electron chi connectivity index (χ4n) is 0.792. The van der Waals surface area contributed by atoms with Crippen LogP contribution in [0.1, 0.15) is 19.0 Å². The normalized spacial score (nSPS) is 9.42. The topological polar surface area (TPSA) is 15.8 Å². The lowest BCUT2D eigenvalue weighted by Crippen LogP contribution is -1.78. The maximum absolute atomic E-state index is 9.67. The van der Waals surface area contributed by atoms with Gasteiger partial charge in [0.1, 0.15) is 0 Å². The average Bonchev–Trinajstić information content (AvgIpc) is 2.39. The molecule has 0 atom stereocenters. The third kappa shape index (κ3) is 7.18. The van der Waals surface area contributed by atoms with Crippen molar-refractivity contribution >= 4 is 0 Å². The van der Waals surface area contributed by atoms with Gasteiger partial charge in [-0.25, -0.2) is 0 Å². The fourth-order valence-corrected chi connectivity index (χ4v) is 0.792. The number of alkyl halides is 3. The van der Waals surface area contributed by atoms with Crippen LogP contribution in [0, 0.1) is 0 Å². The van der Waals surface area contributed by atoms with Gasteiger partial charge in [0.05, 0.1) is 0 Å². The van der Waals surface area contributed by atoms with Crippen LogP contribution in [0.25, 0.3) is 0 Å². The van der Waals surface area contributed by atoms with Crippen molar-refractivity contribution in [3.8, 4) is 0 Å². The van der Waals surface area contributed by atoms with Crippen LogP contribution in [0.15, 0.2) is 18.3 Å². The van der Waals surface area contributed by atoms with E-state index >= 15 is 0 Å². The number of hydrogen-bond acceptors (Lipinski definition) is 0. The lowest BCUT2D eigenvalue weighted by molar-refractivity contribution is 0.00819. The highest BCUT2D eigenvalue weighted by molar-refractivity contribution is 5.02. The zero-order chi connectivity index (χ0) is 9.40. The first-order chi connectivity index (χ1) is 5.66. The van der Waals surface area contributed by atoms with Crippen molar-refractivity contribution in [1.82, 2.24) is 4.98 Å². The van der Waals surface area contributed by atoms with Crippen molar-refractivity contribution in [3.05, 3.63) is 24.0 Å². The molecule has 0 unspecified atom stereocenters. The first-order valence-electron chi connectivity index (χ1n) is 3.71. The Hall–Kier alpha value is -0.930. The minimum absolute atomic E-state index is 1.17. The molecular formula is C8H12F3N. The molecule has 0 aliphatic heterocycles. The summed E-state index contributed by atoms with van der Waals surface area (Å²) in [7, 11) is 0. The Kier molecular flexibility index (Phi) is 6.24. The summed E-state index contributed by atoms with van der Waals surface area (Å²) < 4.78 is 29.0. The van der Waals surface area contributed by atoms with E-state index in [-0.39, 0.29) is 0 Å². The highest BCUT2D eigenvalue weighted by Gasteiger charge is 1.86. The van der Waals surface area contributed by atoms with Crippen molar-refractivity contribution in [2.45, 2.75) is 26.4 Å². The fraction of sp³-hybridized carbons (Fsp3) is 0.500. The second-order valence-electron chi connectivity index (χ2n) is 2.19. The van der Waals surface area contributed by atoms with Crippen LogP contribution < -0.4 is 0 Å². The Morgan fingerprint density at radius 1 is 1.42 bits per heavy atom. The summed E-state index contributed by atoms with van der Waals surface area (Å²) in [5, 5.41) is 0. The van der Waals surface area contributed by atoms with E-state index in [4.69, 9.17) is 0 Å². The molecule has 0 saturated heterocycles. The van der Waals surface area contributed by atoms with Gasteiger partial charge in [0.2, 0.25) is 0 Å². The molecule has 0 radical (unpaired) electrons. The molecule has 0 aliphatic carbocycles. The maximum Gasteiger partial charge on any atom is 0.379 e. The molecule has 0 aliphatic rings. The first-order valence-corrected chi connectivity index (χ1v) is 3.71. The lowest BCUT2D eigenvalue weighted by Gasteiger charge is -1.87. The van der Waals surface area contributed by atoms with E-state index in [9.17, 15) is 13.2 Å². The summed E-state index contributed by atoms with van der Waals surface area (Å²) in [5.74, 6) is 0.